The summed E-state index contributed by atoms with van der Waals surface area (Å²) >= 11 is 0. The zero-order chi connectivity index (χ0) is 15.2. The molecular formula is C19H25NO. The van der Waals surface area contributed by atoms with Gasteiger partial charge in [-0.3, -0.25) is 0 Å². The van der Waals surface area contributed by atoms with Gasteiger partial charge in [-0.05, 0) is 56.0 Å². The third-order valence-electron chi connectivity index (χ3n) is 3.52. The van der Waals surface area contributed by atoms with Gasteiger partial charge in [0.15, 0.2) is 0 Å². The molecule has 0 heterocycles. The molecule has 0 unspecified atom stereocenters. The van der Waals surface area contributed by atoms with Gasteiger partial charge >= 0.3 is 0 Å². The number of ether oxygens (including phenoxy) is 1. The van der Waals surface area contributed by atoms with Gasteiger partial charge in [-0.1, -0.05) is 36.8 Å². The van der Waals surface area contributed by atoms with Crippen molar-refractivity contribution in [3.63, 3.8) is 0 Å². The van der Waals surface area contributed by atoms with Crippen molar-refractivity contribution in [3.8, 4) is 5.75 Å². The van der Waals surface area contributed by atoms with Crippen LogP contribution in [0, 0.1) is 20.8 Å². The van der Waals surface area contributed by atoms with Crippen molar-refractivity contribution in [2.24, 2.45) is 0 Å². The van der Waals surface area contributed by atoms with E-state index >= 15 is 0 Å². The summed E-state index contributed by atoms with van der Waals surface area (Å²) in [6.07, 6.45) is 1.03. The van der Waals surface area contributed by atoms with Gasteiger partial charge in [0, 0.05) is 12.2 Å². The summed E-state index contributed by atoms with van der Waals surface area (Å²) in [6.45, 7) is 10.2. The predicted octanol–water partition coefficient (Wildman–Crippen LogP) is 5.01. The Morgan fingerprint density at radius 2 is 1.71 bits per heavy atom. The van der Waals surface area contributed by atoms with Crippen LogP contribution in [-0.4, -0.2) is 6.61 Å². The van der Waals surface area contributed by atoms with Crippen LogP contribution < -0.4 is 10.1 Å². The van der Waals surface area contributed by atoms with Crippen LogP contribution in [0.2, 0.25) is 0 Å². The maximum absolute atomic E-state index is 5.68. The summed E-state index contributed by atoms with van der Waals surface area (Å²) in [6, 6.07) is 12.7. The summed E-state index contributed by atoms with van der Waals surface area (Å²) in [5.41, 5.74) is 6.38. The molecule has 1 N–H and O–H groups in total. The highest BCUT2D eigenvalue weighted by Crippen LogP contribution is 2.23. The van der Waals surface area contributed by atoms with Gasteiger partial charge in [0.25, 0.3) is 0 Å². The number of aryl methyl sites for hydroxylation is 3. The van der Waals surface area contributed by atoms with Crippen LogP contribution in [0.3, 0.4) is 0 Å². The van der Waals surface area contributed by atoms with E-state index in [1.807, 2.05) is 6.07 Å². The van der Waals surface area contributed by atoms with Crippen LogP contribution >= 0.6 is 0 Å². The molecule has 0 atom stereocenters. The number of nitrogens with one attached hydrogen (secondary N) is 1. The van der Waals surface area contributed by atoms with Crippen molar-refractivity contribution in [3.05, 3.63) is 58.7 Å². The second-order valence-electron chi connectivity index (χ2n) is 5.62. The van der Waals surface area contributed by atoms with E-state index in [9.17, 15) is 0 Å². The molecule has 0 saturated carbocycles. The van der Waals surface area contributed by atoms with Crippen LogP contribution in [0.15, 0.2) is 36.4 Å². The molecule has 0 aliphatic heterocycles. The summed E-state index contributed by atoms with van der Waals surface area (Å²) in [7, 11) is 0. The molecular weight excluding hydrogens is 258 g/mol. The quantitative estimate of drug-likeness (QED) is 0.804. The molecule has 21 heavy (non-hydrogen) atoms. The third-order valence-corrected chi connectivity index (χ3v) is 3.52. The Hall–Kier alpha value is -1.96. The first-order valence-electron chi connectivity index (χ1n) is 7.63. The molecule has 0 saturated heterocycles. The van der Waals surface area contributed by atoms with Crippen molar-refractivity contribution in [1.82, 2.24) is 0 Å². The van der Waals surface area contributed by atoms with Crippen LogP contribution in [0.5, 0.6) is 5.75 Å². The predicted molar refractivity (Wildman–Crippen MR) is 90.2 cm³/mol. The Kier molecular flexibility index (Phi) is 5.26. The molecule has 2 rings (SSSR count). The number of rotatable bonds is 6. The summed E-state index contributed by atoms with van der Waals surface area (Å²) in [5.74, 6) is 0.952. The average molecular weight is 283 g/mol. The first-order chi connectivity index (χ1) is 10.1. The maximum Gasteiger partial charge on any atom is 0.119 e. The molecule has 0 fully saturated rings. The normalized spacial score (nSPS) is 10.5. The van der Waals surface area contributed by atoms with E-state index in [2.05, 4.69) is 63.3 Å². The third kappa shape index (κ3) is 4.25. The lowest BCUT2D eigenvalue weighted by molar-refractivity contribution is 0.317. The maximum atomic E-state index is 5.68. The van der Waals surface area contributed by atoms with Crippen molar-refractivity contribution in [2.45, 2.75) is 40.7 Å². The molecule has 2 aromatic rings. The average Bonchev–Trinajstić information content (AvgIpc) is 2.44. The second kappa shape index (κ2) is 7.16. The first-order valence-corrected chi connectivity index (χ1v) is 7.63. The van der Waals surface area contributed by atoms with Crippen molar-refractivity contribution in [1.29, 1.82) is 0 Å². The SMILES string of the molecule is CCCOc1cccc(CNc2c(C)cc(C)cc2C)c1. The summed E-state index contributed by atoms with van der Waals surface area (Å²) in [4.78, 5) is 0. The molecule has 2 aromatic carbocycles. The fourth-order valence-corrected chi connectivity index (χ4v) is 2.61. The molecule has 112 valence electrons. The van der Waals surface area contributed by atoms with Gasteiger partial charge in [-0.25, -0.2) is 0 Å². The van der Waals surface area contributed by atoms with E-state index < -0.39 is 0 Å². The Bertz CT molecular complexity index is 581. The van der Waals surface area contributed by atoms with Crippen molar-refractivity contribution >= 4 is 5.69 Å². The molecule has 0 aliphatic rings. The van der Waals surface area contributed by atoms with E-state index in [1.165, 1.54) is 27.9 Å². The van der Waals surface area contributed by atoms with Gasteiger partial charge in [0.05, 0.1) is 6.61 Å². The number of anilines is 1. The lowest BCUT2D eigenvalue weighted by Gasteiger charge is -2.14. The fraction of sp³-hybridized carbons (Fsp3) is 0.368. The molecule has 0 aromatic heterocycles. The van der Waals surface area contributed by atoms with Gasteiger partial charge in [0.2, 0.25) is 0 Å². The van der Waals surface area contributed by atoms with Crippen molar-refractivity contribution in [2.75, 3.05) is 11.9 Å². The van der Waals surface area contributed by atoms with Gasteiger partial charge in [-0.2, -0.15) is 0 Å². The number of hydrogen-bond acceptors (Lipinski definition) is 2. The van der Waals surface area contributed by atoms with Gasteiger partial charge in [0.1, 0.15) is 5.75 Å². The first kappa shape index (κ1) is 15.4. The minimum Gasteiger partial charge on any atom is -0.494 e. The van der Waals surface area contributed by atoms with E-state index in [0.717, 1.165) is 25.3 Å². The van der Waals surface area contributed by atoms with E-state index in [1.54, 1.807) is 0 Å². The lowest BCUT2D eigenvalue weighted by Crippen LogP contribution is -2.04. The topological polar surface area (TPSA) is 21.3 Å². The highest BCUT2D eigenvalue weighted by Gasteiger charge is 2.04. The van der Waals surface area contributed by atoms with Gasteiger partial charge < -0.3 is 10.1 Å². The molecule has 0 aliphatic carbocycles. The Balaban J connectivity index is 2.06. The van der Waals surface area contributed by atoms with E-state index in [0.29, 0.717) is 0 Å². The Labute approximate surface area is 128 Å². The molecule has 0 amide bonds. The van der Waals surface area contributed by atoms with Crippen LogP contribution in [0.1, 0.15) is 35.6 Å². The van der Waals surface area contributed by atoms with Crippen LogP contribution in [0.25, 0.3) is 0 Å². The number of hydrogen-bond donors (Lipinski definition) is 1. The Morgan fingerprint density at radius 1 is 1.00 bits per heavy atom. The molecule has 2 heteroatoms. The van der Waals surface area contributed by atoms with Crippen LogP contribution in [-0.2, 0) is 6.54 Å². The molecule has 0 spiro atoms. The summed E-state index contributed by atoms with van der Waals surface area (Å²) < 4.78 is 5.68. The van der Waals surface area contributed by atoms with Crippen LogP contribution in [0.4, 0.5) is 5.69 Å². The molecule has 0 radical (unpaired) electrons. The smallest absolute Gasteiger partial charge is 0.119 e. The molecule has 2 nitrogen and oxygen atoms in total. The minimum atomic E-state index is 0.771. The minimum absolute atomic E-state index is 0.771. The lowest BCUT2D eigenvalue weighted by atomic mass is 10.0. The van der Waals surface area contributed by atoms with Crippen molar-refractivity contribution < 1.29 is 4.74 Å². The highest BCUT2D eigenvalue weighted by atomic mass is 16.5. The summed E-state index contributed by atoms with van der Waals surface area (Å²) in [5, 5.41) is 3.55. The highest BCUT2D eigenvalue weighted by molar-refractivity contribution is 5.58. The van der Waals surface area contributed by atoms with E-state index in [4.69, 9.17) is 4.74 Å². The fourth-order valence-electron chi connectivity index (χ4n) is 2.61. The van der Waals surface area contributed by atoms with Gasteiger partial charge in [-0.15, -0.1) is 0 Å². The standard InChI is InChI=1S/C19H25NO/c1-5-9-21-18-8-6-7-17(12-18)13-20-19-15(3)10-14(2)11-16(19)4/h6-8,10-12,20H,5,9,13H2,1-4H3. The molecule has 0 bridgehead atoms. The van der Waals surface area contributed by atoms with E-state index in [-0.39, 0.29) is 0 Å². The second-order valence-corrected chi connectivity index (χ2v) is 5.62. The largest absolute Gasteiger partial charge is 0.494 e. The zero-order valence-electron chi connectivity index (χ0n) is 13.5. The zero-order valence-corrected chi connectivity index (χ0v) is 13.5. The monoisotopic (exact) mass is 283 g/mol. The number of benzene rings is 2. The Morgan fingerprint density at radius 3 is 2.38 bits per heavy atom.